The van der Waals surface area contributed by atoms with Crippen molar-refractivity contribution in [1.29, 1.82) is 0 Å². The summed E-state index contributed by atoms with van der Waals surface area (Å²) in [5, 5.41) is 0. The minimum absolute atomic E-state index is 0.0508. The summed E-state index contributed by atoms with van der Waals surface area (Å²) in [6, 6.07) is 0. The van der Waals surface area contributed by atoms with Crippen LogP contribution in [0.15, 0.2) is 231 Å². The molecular formula is C71H100O6. The van der Waals surface area contributed by atoms with Crippen molar-refractivity contribution in [2.24, 2.45) is 0 Å². The lowest BCUT2D eigenvalue weighted by atomic mass is 10.2. The molecule has 0 amide bonds. The Hall–Kier alpha value is -6.53. The number of rotatable bonds is 48. The van der Waals surface area contributed by atoms with Crippen LogP contribution in [0.1, 0.15) is 175 Å². The van der Waals surface area contributed by atoms with E-state index >= 15 is 0 Å². The molecule has 0 aromatic heterocycles. The van der Waals surface area contributed by atoms with E-state index in [1.54, 1.807) is 12.2 Å². The number of allylic oxidation sites excluding steroid dienone is 36. The van der Waals surface area contributed by atoms with Gasteiger partial charge >= 0.3 is 17.9 Å². The van der Waals surface area contributed by atoms with Crippen molar-refractivity contribution in [2.45, 2.75) is 181 Å². The minimum Gasteiger partial charge on any atom is -0.462 e. The third kappa shape index (κ3) is 60.2. The average Bonchev–Trinajstić information content (AvgIpc) is 3.43. The minimum atomic E-state index is -0.912. The monoisotopic (exact) mass is 1050 g/mol. The predicted molar refractivity (Wildman–Crippen MR) is 333 cm³/mol. The third-order valence-electron chi connectivity index (χ3n) is 10.7. The molecule has 0 saturated heterocycles. The number of ether oxygens (including phenoxy) is 3. The number of carbonyl (C=O) groups excluding carboxylic acids is 3. The van der Waals surface area contributed by atoms with E-state index in [9.17, 15) is 14.4 Å². The molecule has 0 aliphatic heterocycles. The SMILES string of the molecule is CC/C=C\C/C=C\C/C=C\C/C=C\C/C=C\C/C=C\C/C=C\C/C=C\C/C=C\CCCC(=O)OCC(COC(=O)C/C=C\C/C=C\C/C=C\C/C=C\C/C=C\CC)OC(=O)C/C=C\C/C=C\C/C=C\C/C=C\C/C=C\CC. The fraction of sp³-hybridized carbons (Fsp3) is 0.423. The molecule has 0 bridgehead atoms. The molecule has 0 aliphatic rings. The van der Waals surface area contributed by atoms with Crippen LogP contribution in [0.5, 0.6) is 0 Å². The van der Waals surface area contributed by atoms with Gasteiger partial charge in [0, 0.05) is 6.42 Å². The van der Waals surface area contributed by atoms with Crippen molar-refractivity contribution in [2.75, 3.05) is 13.2 Å². The Morgan fingerprint density at radius 2 is 0.494 bits per heavy atom. The molecule has 1 atom stereocenters. The zero-order chi connectivity index (χ0) is 55.7. The normalized spacial score (nSPS) is 13.9. The van der Waals surface area contributed by atoms with Gasteiger partial charge in [-0.25, -0.2) is 0 Å². The molecule has 0 saturated carbocycles. The largest absolute Gasteiger partial charge is 0.462 e. The highest BCUT2D eigenvalue weighted by atomic mass is 16.6. The van der Waals surface area contributed by atoms with Gasteiger partial charge in [-0.15, -0.1) is 0 Å². The summed E-state index contributed by atoms with van der Waals surface area (Å²) >= 11 is 0. The number of hydrogen-bond donors (Lipinski definition) is 0. The zero-order valence-corrected chi connectivity index (χ0v) is 47.9. The molecule has 77 heavy (non-hydrogen) atoms. The van der Waals surface area contributed by atoms with Gasteiger partial charge in [-0.05, 0) is 135 Å². The standard InChI is InChI=1S/C71H100O6/c1-4-7-10-13-16-19-22-25-28-29-30-31-32-33-34-35-36-37-38-39-40-41-44-46-49-52-55-58-61-64-70(73)76-67-68(77-71(74)65-62-59-56-53-50-47-43-27-24-21-18-15-12-9-6-3)66-75-69(72)63-60-57-54-51-48-45-42-26-23-20-17-14-11-8-5-2/h7-12,16-21,25-28,30-31,33-34,36-37,39-40,42-44,46,48,50-53,55,57,59-60,62,68H,4-6,13-15,22-24,29,32,35,38,41,45,47,49,54,56,58,61,63-67H2,1-3H3/b10-7-,11-8-,12-9-,19-16-,20-17-,21-18-,28-25-,31-30-,34-33-,37-36-,40-39-,42-26-,43-27-,46-44-,51-48-,53-50-,55-52-,60-57-,62-59-. The Kier molecular flexibility index (Phi) is 56.8. The zero-order valence-electron chi connectivity index (χ0n) is 47.9. The molecule has 0 aromatic carbocycles. The number of hydrogen-bond acceptors (Lipinski definition) is 6. The molecular weight excluding hydrogens is 949 g/mol. The molecule has 0 N–H and O–H groups in total. The van der Waals surface area contributed by atoms with E-state index in [1.807, 2.05) is 12.2 Å². The molecule has 6 heteroatoms. The van der Waals surface area contributed by atoms with Crippen LogP contribution < -0.4 is 0 Å². The van der Waals surface area contributed by atoms with Crippen molar-refractivity contribution in [3.63, 3.8) is 0 Å². The van der Waals surface area contributed by atoms with E-state index in [2.05, 4.69) is 227 Å². The van der Waals surface area contributed by atoms with Crippen LogP contribution in [-0.2, 0) is 28.6 Å². The summed E-state index contributed by atoms with van der Waals surface area (Å²) in [7, 11) is 0. The van der Waals surface area contributed by atoms with Crippen LogP contribution >= 0.6 is 0 Å². The molecule has 420 valence electrons. The maximum atomic E-state index is 12.8. The molecule has 0 rings (SSSR count). The maximum absolute atomic E-state index is 12.8. The molecule has 0 aliphatic carbocycles. The van der Waals surface area contributed by atoms with Gasteiger partial charge in [-0.1, -0.05) is 252 Å². The molecule has 1 unspecified atom stereocenters. The van der Waals surface area contributed by atoms with Crippen molar-refractivity contribution in [3.8, 4) is 0 Å². The highest BCUT2D eigenvalue weighted by molar-refractivity contribution is 5.72. The van der Waals surface area contributed by atoms with Gasteiger partial charge in [0.25, 0.3) is 0 Å². The van der Waals surface area contributed by atoms with Crippen LogP contribution in [-0.4, -0.2) is 37.2 Å². The second kappa shape index (κ2) is 62.0. The fourth-order valence-electron chi connectivity index (χ4n) is 6.53. The van der Waals surface area contributed by atoms with Crippen LogP contribution in [0.3, 0.4) is 0 Å². The number of esters is 3. The molecule has 0 spiro atoms. The Morgan fingerprint density at radius 3 is 0.766 bits per heavy atom. The van der Waals surface area contributed by atoms with Gasteiger partial charge in [-0.2, -0.15) is 0 Å². The lowest BCUT2D eigenvalue weighted by molar-refractivity contribution is -0.166. The first-order chi connectivity index (χ1) is 38.0. The number of carbonyl (C=O) groups is 3. The second-order valence-electron chi connectivity index (χ2n) is 17.7. The molecule has 0 aromatic rings. The molecule has 6 nitrogen and oxygen atoms in total. The van der Waals surface area contributed by atoms with E-state index in [0.29, 0.717) is 19.3 Å². The average molecular weight is 1050 g/mol. The lowest BCUT2D eigenvalue weighted by Crippen LogP contribution is -2.30. The molecule has 0 radical (unpaired) electrons. The Balaban J connectivity index is 4.65. The van der Waals surface area contributed by atoms with Crippen molar-refractivity contribution in [1.82, 2.24) is 0 Å². The number of unbranched alkanes of at least 4 members (excludes halogenated alkanes) is 1. The summed E-state index contributed by atoms with van der Waals surface area (Å²) in [5.74, 6) is -1.33. The van der Waals surface area contributed by atoms with E-state index in [4.69, 9.17) is 14.2 Å². The van der Waals surface area contributed by atoms with Gasteiger partial charge in [-0.3, -0.25) is 14.4 Å². The van der Waals surface area contributed by atoms with E-state index < -0.39 is 24.0 Å². The van der Waals surface area contributed by atoms with Gasteiger partial charge < -0.3 is 14.2 Å². The van der Waals surface area contributed by atoms with Crippen LogP contribution in [0, 0.1) is 0 Å². The van der Waals surface area contributed by atoms with E-state index in [1.165, 1.54) is 0 Å². The summed E-state index contributed by atoms with van der Waals surface area (Å²) < 4.78 is 16.6. The quantitative estimate of drug-likeness (QED) is 0.0261. The summed E-state index contributed by atoms with van der Waals surface area (Å²) in [4.78, 5) is 38.0. The Labute approximate surface area is 469 Å². The summed E-state index contributed by atoms with van der Waals surface area (Å²) in [5.41, 5.74) is 0. The Morgan fingerprint density at radius 1 is 0.273 bits per heavy atom. The van der Waals surface area contributed by atoms with Gasteiger partial charge in [0.05, 0.1) is 12.8 Å². The van der Waals surface area contributed by atoms with Crippen LogP contribution in [0.4, 0.5) is 0 Å². The van der Waals surface area contributed by atoms with Crippen molar-refractivity contribution in [3.05, 3.63) is 231 Å². The predicted octanol–water partition coefficient (Wildman–Crippen LogP) is 20.0. The van der Waals surface area contributed by atoms with Crippen LogP contribution in [0.2, 0.25) is 0 Å². The highest BCUT2D eigenvalue weighted by Crippen LogP contribution is 2.07. The molecule has 0 fully saturated rings. The van der Waals surface area contributed by atoms with Gasteiger partial charge in [0.15, 0.2) is 6.10 Å². The van der Waals surface area contributed by atoms with Crippen LogP contribution in [0.25, 0.3) is 0 Å². The van der Waals surface area contributed by atoms with Crippen molar-refractivity contribution < 1.29 is 28.6 Å². The summed E-state index contributed by atoms with van der Waals surface area (Å²) in [6.07, 6.45) is 99.6. The third-order valence-corrected chi connectivity index (χ3v) is 10.7. The lowest BCUT2D eigenvalue weighted by Gasteiger charge is -2.17. The highest BCUT2D eigenvalue weighted by Gasteiger charge is 2.19. The summed E-state index contributed by atoms with van der Waals surface area (Å²) in [6.45, 7) is 6.03. The fourth-order valence-corrected chi connectivity index (χ4v) is 6.53. The van der Waals surface area contributed by atoms with Gasteiger partial charge in [0.1, 0.15) is 13.2 Å². The maximum Gasteiger partial charge on any atom is 0.310 e. The van der Waals surface area contributed by atoms with E-state index in [0.717, 1.165) is 116 Å². The first-order valence-corrected chi connectivity index (χ1v) is 28.9. The first kappa shape index (κ1) is 70.5. The molecule has 0 heterocycles. The smallest absolute Gasteiger partial charge is 0.310 e. The topological polar surface area (TPSA) is 78.9 Å². The second-order valence-corrected chi connectivity index (χ2v) is 17.7. The Bertz CT molecular complexity index is 2020. The van der Waals surface area contributed by atoms with E-state index in [-0.39, 0.29) is 32.5 Å². The van der Waals surface area contributed by atoms with Gasteiger partial charge in [0.2, 0.25) is 0 Å². The van der Waals surface area contributed by atoms with Crippen molar-refractivity contribution >= 4 is 17.9 Å². The first-order valence-electron chi connectivity index (χ1n) is 28.9.